The van der Waals surface area contributed by atoms with Crippen LogP contribution in [0, 0.1) is 0 Å². The molecule has 2 heterocycles. The van der Waals surface area contributed by atoms with Crippen molar-refractivity contribution in [1.29, 1.82) is 0 Å². The first-order chi connectivity index (χ1) is 15.3. The zero-order valence-corrected chi connectivity index (χ0v) is 18.0. The molecule has 2 aromatic carbocycles. The van der Waals surface area contributed by atoms with Crippen LogP contribution >= 0.6 is 11.6 Å². The van der Waals surface area contributed by atoms with E-state index in [4.69, 9.17) is 16.4 Å². The van der Waals surface area contributed by atoms with E-state index in [2.05, 4.69) is 10.1 Å². The fourth-order valence-corrected chi connectivity index (χ4v) is 3.70. The lowest BCUT2D eigenvalue weighted by Gasteiger charge is -2.16. The Morgan fingerprint density at radius 1 is 1.16 bits per heavy atom. The molecule has 0 atom stereocenters. The normalized spacial score (nSPS) is 11.2. The van der Waals surface area contributed by atoms with Crippen LogP contribution in [-0.2, 0) is 11.4 Å². The van der Waals surface area contributed by atoms with Gasteiger partial charge in [0.15, 0.2) is 0 Å². The highest BCUT2D eigenvalue weighted by Gasteiger charge is 2.16. The van der Waals surface area contributed by atoms with Gasteiger partial charge in [0.1, 0.15) is 10.9 Å². The highest BCUT2D eigenvalue weighted by Crippen LogP contribution is 2.16. The molecule has 0 saturated carbocycles. The lowest BCUT2D eigenvalue weighted by atomic mass is 10.1. The number of benzene rings is 2. The van der Waals surface area contributed by atoms with E-state index in [9.17, 15) is 19.2 Å². The van der Waals surface area contributed by atoms with Crippen molar-refractivity contribution in [2.24, 2.45) is 0 Å². The molecule has 9 nitrogen and oxygen atoms in total. The summed E-state index contributed by atoms with van der Waals surface area (Å²) in [7, 11) is 1.51. The zero-order valence-electron chi connectivity index (χ0n) is 17.3. The van der Waals surface area contributed by atoms with Crippen LogP contribution in [0.2, 0.25) is 5.02 Å². The second-order valence-electron chi connectivity index (χ2n) is 7.15. The number of hydrogen-bond donors (Lipinski definition) is 2. The SMILES string of the molecule is CCON(C)C(=O)c1cccc(Cn2[nH]c(=O)c3[nH]c4cc(Cl)ccc4c(=O)c3c2=O)c1. The Bertz CT molecular complexity index is 1540. The second kappa shape index (κ2) is 8.45. The summed E-state index contributed by atoms with van der Waals surface area (Å²) in [5.41, 5.74) is -0.645. The van der Waals surface area contributed by atoms with Crippen LogP contribution in [-0.4, -0.2) is 39.4 Å². The number of halogens is 1. The van der Waals surface area contributed by atoms with Crippen LogP contribution in [0.4, 0.5) is 0 Å². The molecule has 2 aromatic heterocycles. The van der Waals surface area contributed by atoms with Crippen LogP contribution < -0.4 is 16.5 Å². The summed E-state index contributed by atoms with van der Waals surface area (Å²) in [4.78, 5) is 59.2. The lowest BCUT2D eigenvalue weighted by Crippen LogP contribution is -2.34. The molecule has 32 heavy (non-hydrogen) atoms. The summed E-state index contributed by atoms with van der Waals surface area (Å²) in [5.74, 6) is -0.352. The molecule has 0 unspecified atom stereocenters. The Kier molecular flexibility index (Phi) is 5.68. The third-order valence-electron chi connectivity index (χ3n) is 5.01. The fourth-order valence-electron chi connectivity index (χ4n) is 3.53. The quantitative estimate of drug-likeness (QED) is 0.354. The smallest absolute Gasteiger partial charge is 0.287 e. The largest absolute Gasteiger partial charge is 0.350 e. The number of carbonyl (C=O) groups excluding carboxylic acids is 1. The van der Waals surface area contributed by atoms with Gasteiger partial charge in [-0.2, -0.15) is 0 Å². The van der Waals surface area contributed by atoms with Crippen LogP contribution in [0.25, 0.3) is 21.8 Å². The van der Waals surface area contributed by atoms with Gasteiger partial charge in [0.05, 0.1) is 18.7 Å². The van der Waals surface area contributed by atoms with E-state index in [1.54, 1.807) is 37.3 Å². The highest BCUT2D eigenvalue weighted by molar-refractivity contribution is 6.31. The summed E-state index contributed by atoms with van der Waals surface area (Å²) in [6.45, 7) is 2.06. The first-order valence-corrected chi connectivity index (χ1v) is 10.2. The zero-order chi connectivity index (χ0) is 23.0. The van der Waals surface area contributed by atoms with Crippen LogP contribution in [0.1, 0.15) is 22.8 Å². The molecule has 164 valence electrons. The monoisotopic (exact) mass is 454 g/mol. The second-order valence-corrected chi connectivity index (χ2v) is 7.58. The molecule has 0 bridgehead atoms. The molecule has 0 fully saturated rings. The van der Waals surface area contributed by atoms with Crippen molar-refractivity contribution < 1.29 is 9.63 Å². The predicted octanol–water partition coefficient (Wildman–Crippen LogP) is 2.26. The Morgan fingerprint density at radius 3 is 2.69 bits per heavy atom. The number of rotatable bonds is 5. The van der Waals surface area contributed by atoms with Crippen molar-refractivity contribution in [3.63, 3.8) is 0 Å². The van der Waals surface area contributed by atoms with E-state index in [1.165, 1.54) is 19.2 Å². The average molecular weight is 455 g/mol. The fraction of sp³-hybridized carbons (Fsp3) is 0.182. The number of hydroxylamine groups is 2. The number of H-pyrrole nitrogens is 2. The number of pyridine rings is 1. The standard InChI is InChI=1S/C22H19ClN4O5/c1-3-32-26(2)21(30)13-6-4-5-12(9-13)11-27-22(31)17-18(20(29)25-27)24-16-10-14(23)7-8-15(16)19(17)28/h4-10H,3,11H2,1-2H3,(H,24,28)(H,25,29). The maximum Gasteiger partial charge on any atom is 0.287 e. The number of amides is 1. The topological polar surface area (TPSA) is 117 Å². The Balaban J connectivity index is 1.81. The van der Waals surface area contributed by atoms with Gasteiger partial charge in [0.25, 0.3) is 17.0 Å². The molecule has 0 aliphatic rings. The molecular formula is C22H19ClN4O5. The predicted molar refractivity (Wildman–Crippen MR) is 121 cm³/mol. The van der Waals surface area contributed by atoms with Crippen LogP contribution in [0.3, 0.4) is 0 Å². The van der Waals surface area contributed by atoms with Crippen LogP contribution in [0.15, 0.2) is 56.8 Å². The van der Waals surface area contributed by atoms with Crippen molar-refractivity contribution in [1.82, 2.24) is 19.8 Å². The highest BCUT2D eigenvalue weighted by atomic mass is 35.5. The molecule has 4 aromatic rings. The molecule has 0 radical (unpaired) electrons. The molecule has 0 spiro atoms. The first-order valence-electron chi connectivity index (χ1n) is 9.78. The molecule has 0 aliphatic carbocycles. The number of aromatic nitrogens is 3. The van der Waals surface area contributed by atoms with E-state index >= 15 is 0 Å². The van der Waals surface area contributed by atoms with Crippen molar-refractivity contribution in [3.8, 4) is 0 Å². The molecule has 2 N–H and O–H groups in total. The van der Waals surface area contributed by atoms with Gasteiger partial charge in [-0.3, -0.25) is 29.1 Å². The number of aromatic amines is 2. The molecular weight excluding hydrogens is 436 g/mol. The van der Waals surface area contributed by atoms with Gasteiger partial charge in [0, 0.05) is 23.0 Å². The van der Waals surface area contributed by atoms with Gasteiger partial charge in [-0.25, -0.2) is 9.75 Å². The molecule has 0 saturated heterocycles. The number of nitrogens with one attached hydrogen (secondary N) is 2. The number of fused-ring (bicyclic) bond motifs is 2. The summed E-state index contributed by atoms with van der Waals surface area (Å²) in [6.07, 6.45) is 0. The molecule has 10 heteroatoms. The van der Waals surface area contributed by atoms with Gasteiger partial charge in [-0.05, 0) is 42.8 Å². The maximum absolute atomic E-state index is 13.1. The lowest BCUT2D eigenvalue weighted by molar-refractivity contribution is -0.100. The Morgan fingerprint density at radius 2 is 1.94 bits per heavy atom. The van der Waals surface area contributed by atoms with Gasteiger partial charge in [-0.1, -0.05) is 23.7 Å². The van der Waals surface area contributed by atoms with Gasteiger partial charge >= 0.3 is 0 Å². The minimum atomic E-state index is -0.652. The summed E-state index contributed by atoms with van der Waals surface area (Å²) in [5, 5.41) is 4.02. The summed E-state index contributed by atoms with van der Waals surface area (Å²) in [6, 6.07) is 11.2. The summed E-state index contributed by atoms with van der Waals surface area (Å²) >= 11 is 5.97. The van der Waals surface area contributed by atoms with Crippen molar-refractivity contribution in [3.05, 3.63) is 89.5 Å². The van der Waals surface area contributed by atoms with Crippen molar-refractivity contribution >= 4 is 39.3 Å². The van der Waals surface area contributed by atoms with E-state index in [0.717, 1.165) is 9.75 Å². The van der Waals surface area contributed by atoms with E-state index in [-0.39, 0.29) is 28.7 Å². The first kappa shape index (κ1) is 21.5. The summed E-state index contributed by atoms with van der Waals surface area (Å²) < 4.78 is 1.05. The minimum Gasteiger partial charge on any atom is -0.350 e. The average Bonchev–Trinajstić information content (AvgIpc) is 2.77. The van der Waals surface area contributed by atoms with Crippen molar-refractivity contribution in [2.45, 2.75) is 13.5 Å². The molecule has 0 aliphatic heterocycles. The van der Waals surface area contributed by atoms with E-state index < -0.39 is 16.5 Å². The number of carbonyl (C=O) groups is 1. The van der Waals surface area contributed by atoms with E-state index in [0.29, 0.717) is 28.3 Å². The van der Waals surface area contributed by atoms with Crippen LogP contribution in [0.5, 0.6) is 0 Å². The maximum atomic E-state index is 13.1. The van der Waals surface area contributed by atoms with Crippen molar-refractivity contribution in [2.75, 3.05) is 13.7 Å². The van der Waals surface area contributed by atoms with Gasteiger partial charge in [0.2, 0.25) is 5.43 Å². The third kappa shape index (κ3) is 3.83. The minimum absolute atomic E-state index is 0.0401. The number of hydrogen-bond acceptors (Lipinski definition) is 5. The van der Waals surface area contributed by atoms with E-state index in [1.807, 2.05) is 0 Å². The van der Waals surface area contributed by atoms with Gasteiger partial charge in [-0.15, -0.1) is 0 Å². The number of nitrogens with zero attached hydrogens (tertiary/aromatic N) is 2. The Hall–Kier alpha value is -3.69. The molecule has 1 amide bonds. The third-order valence-corrected chi connectivity index (χ3v) is 5.24. The Labute approximate surface area is 185 Å². The van der Waals surface area contributed by atoms with Gasteiger partial charge < -0.3 is 4.98 Å². The molecule has 4 rings (SSSR count).